The number of aryl methyl sites for hydroxylation is 2. The smallest absolute Gasteiger partial charge is 0.253 e. The number of nitrogens with one attached hydrogen (secondary N) is 2. The van der Waals surface area contributed by atoms with Crippen LogP contribution >= 0.6 is 11.3 Å². The van der Waals surface area contributed by atoms with E-state index in [1.807, 2.05) is 75.7 Å². The van der Waals surface area contributed by atoms with Crippen LogP contribution in [-0.2, 0) is 17.9 Å². The van der Waals surface area contributed by atoms with Crippen LogP contribution in [0.25, 0.3) is 5.52 Å². The topological polar surface area (TPSA) is 75.6 Å². The van der Waals surface area contributed by atoms with Crippen LogP contribution in [0.1, 0.15) is 56.3 Å². The van der Waals surface area contributed by atoms with Crippen LogP contribution in [0.2, 0.25) is 0 Å². The molecule has 0 aliphatic carbocycles. The van der Waals surface area contributed by atoms with Gasteiger partial charge in [0.05, 0.1) is 18.4 Å². The molecule has 6 nitrogen and oxygen atoms in total. The number of H-pyrrole nitrogens is 1. The number of hydrogen-bond acceptors (Lipinski definition) is 4. The third-order valence-corrected chi connectivity index (χ3v) is 6.58. The van der Waals surface area contributed by atoms with Crippen LogP contribution in [0, 0.1) is 20.8 Å². The quantitative estimate of drug-likeness (QED) is 0.425. The number of pyridine rings is 2. The highest BCUT2D eigenvalue weighted by Gasteiger charge is 2.20. The minimum absolute atomic E-state index is 0.169. The Hall–Kier alpha value is -3.16. The summed E-state index contributed by atoms with van der Waals surface area (Å²) in [4.78, 5) is 29.4. The molecule has 4 rings (SSSR count). The standard InChI is InChI=1S/C25H27N3O3S/c1-15-11-16(2)27-25(30)22(15)13-26-24(29)21-12-19-7-5-9-28(19)23(17(21)3)18(4)31-14-20-8-6-10-32-20/h5-12,18H,13-14H2,1-4H3,(H,26,29)(H,27,30). The van der Waals surface area contributed by atoms with Gasteiger partial charge in [-0.3, -0.25) is 9.59 Å². The van der Waals surface area contributed by atoms with Crippen molar-refractivity contribution in [1.82, 2.24) is 14.7 Å². The minimum Gasteiger partial charge on any atom is -0.367 e. The summed E-state index contributed by atoms with van der Waals surface area (Å²) in [7, 11) is 0. The van der Waals surface area contributed by atoms with Gasteiger partial charge >= 0.3 is 0 Å². The van der Waals surface area contributed by atoms with Gasteiger partial charge in [0.2, 0.25) is 0 Å². The van der Waals surface area contributed by atoms with E-state index < -0.39 is 0 Å². The van der Waals surface area contributed by atoms with Gasteiger partial charge in [0.15, 0.2) is 0 Å². The van der Waals surface area contributed by atoms with Crippen LogP contribution < -0.4 is 10.9 Å². The van der Waals surface area contributed by atoms with Crippen LogP contribution in [-0.4, -0.2) is 15.3 Å². The largest absolute Gasteiger partial charge is 0.367 e. The zero-order chi connectivity index (χ0) is 22.8. The zero-order valence-electron chi connectivity index (χ0n) is 18.7. The maximum absolute atomic E-state index is 13.1. The number of aromatic nitrogens is 2. The summed E-state index contributed by atoms with van der Waals surface area (Å²) in [6.07, 6.45) is 1.78. The Morgan fingerprint density at radius 1 is 1.22 bits per heavy atom. The lowest BCUT2D eigenvalue weighted by Crippen LogP contribution is -2.29. The second-order valence-electron chi connectivity index (χ2n) is 8.03. The molecule has 4 aromatic heterocycles. The van der Waals surface area contributed by atoms with Gasteiger partial charge in [-0.05, 0) is 74.5 Å². The molecule has 1 atom stereocenters. The third kappa shape index (κ3) is 4.40. The Morgan fingerprint density at radius 3 is 2.75 bits per heavy atom. The number of hydrogen-bond donors (Lipinski definition) is 2. The van der Waals surface area contributed by atoms with Gasteiger partial charge in [-0.2, -0.15) is 0 Å². The molecule has 0 aromatic carbocycles. The molecule has 1 amide bonds. The second kappa shape index (κ2) is 9.14. The van der Waals surface area contributed by atoms with Crippen LogP contribution in [0.4, 0.5) is 0 Å². The van der Waals surface area contributed by atoms with Gasteiger partial charge in [0, 0.05) is 40.0 Å². The predicted molar refractivity (Wildman–Crippen MR) is 127 cm³/mol. The maximum Gasteiger partial charge on any atom is 0.253 e. The Labute approximate surface area is 190 Å². The van der Waals surface area contributed by atoms with Crippen LogP contribution in [0.3, 0.4) is 0 Å². The summed E-state index contributed by atoms with van der Waals surface area (Å²) in [6, 6.07) is 11.8. The number of carbonyl (C=O) groups is 1. The lowest BCUT2D eigenvalue weighted by atomic mass is 10.0. The molecule has 0 aliphatic heterocycles. The number of carbonyl (C=O) groups excluding carboxylic acids is 1. The molecule has 4 heterocycles. The fourth-order valence-corrected chi connectivity index (χ4v) is 4.71. The van der Waals surface area contributed by atoms with Crippen molar-refractivity contribution in [2.24, 2.45) is 0 Å². The van der Waals surface area contributed by atoms with E-state index in [1.165, 1.54) is 0 Å². The summed E-state index contributed by atoms with van der Waals surface area (Å²) in [5, 5.41) is 4.96. The van der Waals surface area contributed by atoms with Crippen molar-refractivity contribution in [3.8, 4) is 0 Å². The highest BCUT2D eigenvalue weighted by molar-refractivity contribution is 7.09. The molecule has 0 saturated heterocycles. The molecule has 0 spiro atoms. The molecular weight excluding hydrogens is 422 g/mol. The third-order valence-electron chi connectivity index (χ3n) is 5.73. The lowest BCUT2D eigenvalue weighted by Gasteiger charge is -2.20. The molecule has 4 aromatic rings. The summed E-state index contributed by atoms with van der Waals surface area (Å²) in [5.41, 5.74) is 5.37. The van der Waals surface area contributed by atoms with Crippen molar-refractivity contribution in [2.45, 2.75) is 47.0 Å². The first-order valence-electron chi connectivity index (χ1n) is 10.6. The molecule has 32 heavy (non-hydrogen) atoms. The van der Waals surface area contributed by atoms with E-state index in [0.29, 0.717) is 17.7 Å². The van der Waals surface area contributed by atoms with E-state index in [1.54, 1.807) is 11.3 Å². The first kappa shape index (κ1) is 22.0. The molecule has 0 bridgehead atoms. The number of aromatic amines is 1. The summed E-state index contributed by atoms with van der Waals surface area (Å²) < 4.78 is 8.22. The number of amides is 1. The van der Waals surface area contributed by atoms with Crippen LogP contribution in [0.15, 0.2) is 52.8 Å². The highest BCUT2D eigenvalue weighted by atomic mass is 32.1. The van der Waals surface area contributed by atoms with E-state index >= 15 is 0 Å². The predicted octanol–water partition coefficient (Wildman–Crippen LogP) is 4.82. The highest BCUT2D eigenvalue weighted by Crippen LogP contribution is 2.28. The summed E-state index contributed by atoms with van der Waals surface area (Å²) in [6.45, 7) is 8.37. The lowest BCUT2D eigenvalue weighted by molar-refractivity contribution is 0.0502. The van der Waals surface area contributed by atoms with Gasteiger partial charge in [0.25, 0.3) is 11.5 Å². The number of nitrogens with zero attached hydrogens (tertiary/aromatic N) is 1. The van der Waals surface area contributed by atoms with Crippen LogP contribution in [0.5, 0.6) is 0 Å². The van der Waals surface area contributed by atoms with E-state index in [0.717, 1.165) is 32.9 Å². The Bertz CT molecular complexity index is 1320. The van der Waals surface area contributed by atoms with Gasteiger partial charge in [0.1, 0.15) is 0 Å². The molecule has 0 radical (unpaired) electrons. The summed E-state index contributed by atoms with van der Waals surface area (Å²) >= 11 is 1.66. The molecule has 7 heteroatoms. The molecule has 0 fully saturated rings. The number of thiophene rings is 1. The fourth-order valence-electron chi connectivity index (χ4n) is 4.09. The molecule has 1 unspecified atom stereocenters. The number of ether oxygens (including phenoxy) is 1. The zero-order valence-corrected chi connectivity index (χ0v) is 19.5. The molecule has 166 valence electrons. The van der Waals surface area contributed by atoms with Gasteiger partial charge < -0.3 is 19.4 Å². The Balaban J connectivity index is 1.61. The molecule has 0 saturated carbocycles. The number of rotatable bonds is 7. The van der Waals surface area contributed by atoms with Gasteiger partial charge in [-0.1, -0.05) is 6.07 Å². The average molecular weight is 450 g/mol. The normalized spacial score (nSPS) is 12.2. The van der Waals surface area contributed by atoms with E-state index in [2.05, 4.69) is 14.7 Å². The van der Waals surface area contributed by atoms with Gasteiger partial charge in [-0.25, -0.2) is 0 Å². The van der Waals surface area contributed by atoms with E-state index in [9.17, 15) is 9.59 Å². The first-order valence-corrected chi connectivity index (χ1v) is 11.4. The van der Waals surface area contributed by atoms with E-state index in [4.69, 9.17) is 4.74 Å². The Morgan fingerprint density at radius 2 is 2.03 bits per heavy atom. The minimum atomic E-state index is -0.211. The molecule has 2 N–H and O–H groups in total. The maximum atomic E-state index is 13.1. The van der Waals surface area contributed by atoms with Gasteiger partial charge in [-0.15, -0.1) is 11.3 Å². The molecule has 0 aliphatic rings. The number of fused-ring (bicyclic) bond motifs is 1. The molecular formula is C25H27N3O3S. The SMILES string of the molecule is Cc1cc(C)c(CNC(=O)c2cc3cccn3c(C(C)OCc3cccs3)c2C)c(=O)[nH]1. The van der Waals surface area contributed by atoms with Crippen molar-refractivity contribution in [2.75, 3.05) is 0 Å². The monoisotopic (exact) mass is 449 g/mol. The average Bonchev–Trinajstić information content (AvgIpc) is 3.42. The first-order chi connectivity index (χ1) is 15.3. The van der Waals surface area contributed by atoms with Crippen molar-refractivity contribution < 1.29 is 9.53 Å². The van der Waals surface area contributed by atoms with Crippen molar-refractivity contribution >= 4 is 22.8 Å². The Kier molecular flexibility index (Phi) is 6.30. The second-order valence-corrected chi connectivity index (χ2v) is 9.06. The fraction of sp³-hybridized carbons (Fsp3) is 0.280. The van der Waals surface area contributed by atoms with Crippen molar-refractivity contribution in [3.63, 3.8) is 0 Å². The van der Waals surface area contributed by atoms with E-state index in [-0.39, 0.29) is 24.1 Å². The van der Waals surface area contributed by atoms with Crippen molar-refractivity contribution in [3.05, 3.63) is 96.8 Å². The van der Waals surface area contributed by atoms with Crippen molar-refractivity contribution in [1.29, 1.82) is 0 Å². The summed E-state index contributed by atoms with van der Waals surface area (Å²) in [5.74, 6) is -0.211.